The van der Waals surface area contributed by atoms with Crippen molar-refractivity contribution in [3.8, 4) is 80.4 Å². The van der Waals surface area contributed by atoms with Gasteiger partial charge in [0.2, 0.25) is 47.3 Å². The summed E-state index contributed by atoms with van der Waals surface area (Å²) in [7, 11) is 0. The van der Waals surface area contributed by atoms with E-state index in [1.807, 2.05) is 83.1 Å². The smallest absolute Gasteiger partial charge is 0.247 e. The molecule has 0 aliphatic heterocycles. The van der Waals surface area contributed by atoms with E-state index >= 15 is 0 Å². The number of hydrogen-bond acceptors (Lipinski definition) is 26. The van der Waals surface area contributed by atoms with Crippen LogP contribution in [0.3, 0.4) is 0 Å². The van der Waals surface area contributed by atoms with Crippen molar-refractivity contribution >= 4 is 68.4 Å². The third kappa shape index (κ3) is 14.9. The molecule has 0 saturated heterocycles. The fraction of sp³-hybridized carbons (Fsp3) is 0.197. The molecule has 4 aromatic carbocycles. The van der Waals surface area contributed by atoms with Crippen LogP contribution >= 0.6 is 0 Å². The minimum absolute atomic E-state index is 0.0785. The molecule has 27 heteroatoms. The maximum absolute atomic E-state index is 13.0. The first-order valence-electron chi connectivity index (χ1n) is 27.6. The lowest BCUT2D eigenvalue weighted by Gasteiger charge is -2.08. The van der Waals surface area contributed by atoms with Gasteiger partial charge in [-0.05, 0) is 107 Å². The van der Waals surface area contributed by atoms with Crippen molar-refractivity contribution in [1.82, 2.24) is 79.7 Å². The van der Waals surface area contributed by atoms with Crippen LogP contribution in [0.2, 0.25) is 0 Å². The number of hydrogen-bond donors (Lipinski definition) is 4. The van der Waals surface area contributed by atoms with Gasteiger partial charge in [0, 0.05) is 22.3 Å². The number of fused-ring (bicyclic) bond motifs is 4. The largest absolute Gasteiger partial charge is 0.494 e. The molecule has 12 aromatic rings. The maximum atomic E-state index is 13.0. The summed E-state index contributed by atoms with van der Waals surface area (Å²) < 4.78 is 40.3. The van der Waals surface area contributed by atoms with Gasteiger partial charge in [-0.1, -0.05) is 43.3 Å². The Kier molecular flexibility index (Phi) is 19.8. The molecule has 0 amide bonds. The molecular formula is C61H58FN21O5. The predicted octanol–water partition coefficient (Wildman–Crippen LogP) is 9.24. The molecule has 0 fully saturated rings. The zero-order valence-electron chi connectivity index (χ0n) is 48.6. The van der Waals surface area contributed by atoms with E-state index in [1.165, 1.54) is 17.7 Å². The Hall–Kier alpha value is -11.8. The van der Waals surface area contributed by atoms with Crippen molar-refractivity contribution in [1.29, 1.82) is 5.26 Å². The SMILES string of the molecule is CCOc1ccc(-c2cnc3nc(N)nc(OCC)c3n2)cc1.CCOc1nc(N)nc2ncc(-c3ccc(C#N)cc3)nc12.CCOc1nc(N)nc2ncc(-c3ccc(CC)cc3)nc12.CCOc1nc(N)nc2ncc(-c3ccc(F)cc3)nc12. The summed E-state index contributed by atoms with van der Waals surface area (Å²) in [6.45, 7) is 13.9. The van der Waals surface area contributed by atoms with Crippen LogP contribution in [0.25, 0.3) is 89.7 Å². The average molecular weight is 1180 g/mol. The Morgan fingerprint density at radius 2 is 0.648 bits per heavy atom. The minimum atomic E-state index is -0.307. The van der Waals surface area contributed by atoms with Crippen molar-refractivity contribution in [2.45, 2.75) is 48.0 Å². The predicted molar refractivity (Wildman–Crippen MR) is 330 cm³/mol. The van der Waals surface area contributed by atoms with Crippen LogP contribution in [0.4, 0.5) is 28.2 Å². The zero-order valence-corrected chi connectivity index (χ0v) is 48.6. The van der Waals surface area contributed by atoms with Gasteiger partial charge in [0.15, 0.2) is 44.7 Å². The number of nitrogens with two attached hydrogens (primary N) is 4. The molecule has 8 N–H and O–H groups in total. The molecule has 0 aliphatic carbocycles. The number of ether oxygens (including phenoxy) is 5. The van der Waals surface area contributed by atoms with E-state index in [-0.39, 0.29) is 35.5 Å². The molecule has 0 radical (unpaired) electrons. The molecule has 26 nitrogen and oxygen atoms in total. The molecule has 0 bridgehead atoms. The van der Waals surface area contributed by atoms with Crippen molar-refractivity contribution in [3.63, 3.8) is 0 Å². The van der Waals surface area contributed by atoms with Gasteiger partial charge in [0.25, 0.3) is 0 Å². The summed E-state index contributed by atoms with van der Waals surface area (Å²) in [5, 5.41) is 8.84. The second-order valence-corrected chi connectivity index (χ2v) is 18.2. The van der Waals surface area contributed by atoms with E-state index in [9.17, 15) is 4.39 Å². The first-order valence-corrected chi connectivity index (χ1v) is 27.6. The third-order valence-corrected chi connectivity index (χ3v) is 12.3. The highest BCUT2D eigenvalue weighted by atomic mass is 19.1. The topological polar surface area (TPSA) is 380 Å². The number of anilines is 4. The second kappa shape index (κ2) is 28.6. The number of benzene rings is 4. The molecule has 0 atom stereocenters. The highest BCUT2D eigenvalue weighted by Gasteiger charge is 2.17. The normalized spacial score (nSPS) is 10.7. The van der Waals surface area contributed by atoms with Crippen LogP contribution in [-0.2, 0) is 6.42 Å². The van der Waals surface area contributed by atoms with E-state index in [0.29, 0.717) is 118 Å². The number of nitriles is 1. The lowest BCUT2D eigenvalue weighted by atomic mass is 10.1. The van der Waals surface area contributed by atoms with Crippen molar-refractivity contribution in [2.75, 3.05) is 56.0 Å². The molecule has 88 heavy (non-hydrogen) atoms. The van der Waals surface area contributed by atoms with Gasteiger partial charge >= 0.3 is 0 Å². The summed E-state index contributed by atoms with van der Waals surface area (Å²) >= 11 is 0. The minimum Gasteiger partial charge on any atom is -0.494 e. The molecule has 8 heterocycles. The van der Waals surface area contributed by atoms with Gasteiger partial charge in [-0.25, -0.2) is 44.3 Å². The van der Waals surface area contributed by atoms with Gasteiger partial charge in [0.05, 0.1) is 92.2 Å². The van der Waals surface area contributed by atoms with Gasteiger partial charge < -0.3 is 46.6 Å². The lowest BCUT2D eigenvalue weighted by Crippen LogP contribution is -2.04. The summed E-state index contributed by atoms with van der Waals surface area (Å²) in [6.07, 6.45) is 7.50. The first-order chi connectivity index (χ1) is 42.8. The molecule has 0 saturated carbocycles. The Morgan fingerprint density at radius 1 is 0.364 bits per heavy atom. The Labute approximate surface area is 502 Å². The molecule has 444 valence electrons. The Balaban J connectivity index is 0.000000140. The number of rotatable bonds is 15. The van der Waals surface area contributed by atoms with Crippen molar-refractivity contribution in [2.24, 2.45) is 0 Å². The van der Waals surface area contributed by atoms with Gasteiger partial charge in [0.1, 0.15) is 11.6 Å². The van der Waals surface area contributed by atoms with E-state index < -0.39 is 0 Å². The Morgan fingerprint density at radius 3 is 0.932 bits per heavy atom. The lowest BCUT2D eigenvalue weighted by molar-refractivity contribution is 0.330. The van der Waals surface area contributed by atoms with Gasteiger partial charge in [-0.2, -0.15) is 45.1 Å². The second-order valence-electron chi connectivity index (χ2n) is 18.2. The van der Waals surface area contributed by atoms with Crippen LogP contribution in [0.15, 0.2) is 122 Å². The summed E-state index contributed by atoms with van der Waals surface area (Å²) in [4.78, 5) is 67.8. The third-order valence-electron chi connectivity index (χ3n) is 12.3. The summed E-state index contributed by atoms with van der Waals surface area (Å²) in [5.41, 5.74) is 34.1. The summed E-state index contributed by atoms with van der Waals surface area (Å²) in [6, 6.07) is 31.0. The van der Waals surface area contributed by atoms with E-state index in [1.54, 1.807) is 49.1 Å². The molecule has 0 unspecified atom stereocenters. The number of aryl methyl sites for hydroxylation is 1. The quantitative estimate of drug-likeness (QED) is 0.0742. The molecule has 8 aromatic heterocycles. The Bertz CT molecular complexity index is 4410. The van der Waals surface area contributed by atoms with E-state index in [4.69, 9.17) is 51.9 Å². The van der Waals surface area contributed by atoms with Crippen LogP contribution in [0.1, 0.15) is 52.7 Å². The van der Waals surface area contributed by atoms with Crippen molar-refractivity contribution < 1.29 is 28.1 Å². The van der Waals surface area contributed by atoms with Crippen LogP contribution in [0.5, 0.6) is 29.3 Å². The molecular weight excluding hydrogens is 1130 g/mol. The number of halogens is 1. The number of aromatic nitrogens is 16. The highest BCUT2D eigenvalue weighted by molar-refractivity contribution is 5.82. The molecule has 0 spiro atoms. The number of nitrogens with zero attached hydrogens (tertiary/aromatic N) is 17. The highest BCUT2D eigenvalue weighted by Crippen LogP contribution is 2.29. The van der Waals surface area contributed by atoms with Crippen molar-refractivity contribution in [3.05, 3.63) is 139 Å². The first kappa shape index (κ1) is 60.8. The van der Waals surface area contributed by atoms with Gasteiger partial charge in [-0.15, -0.1) is 0 Å². The number of nitrogen functional groups attached to an aromatic ring is 4. The fourth-order valence-electron chi connectivity index (χ4n) is 8.24. The molecule has 0 aliphatic rings. The van der Waals surface area contributed by atoms with E-state index in [0.717, 1.165) is 40.1 Å². The average Bonchev–Trinajstić information content (AvgIpc) is 2.41. The zero-order chi connectivity index (χ0) is 62.1. The maximum Gasteiger partial charge on any atom is 0.247 e. The molecule has 12 rings (SSSR count). The standard InChI is InChI=1S/C16H17N5O2.C16H17N5O.C15H12N6O.C14H12FN5O/c1-3-22-11-7-5-10(6-8-11)12-9-18-14-13(19-12)15(23-4-2)21-16(17)20-14;1-3-10-5-7-11(8-6-10)12-9-18-14-13(19-12)15(22-4-2)21-16(17)20-14;1-2-22-14-12-13(20-15(17)21-14)18-8-11(19-12)10-5-3-9(7-16)4-6-10;1-2-21-13-11-12(19-14(16)20-13)17-7-10(18-11)8-3-5-9(15)6-4-8/h5-9H,3-4H2,1-2H3,(H2,17,18,20,21);5-9H,3-4H2,1-2H3,(H2,17,18,20,21);3-6,8H,2H2,1H3,(H2,17,18,20,21);3-7H,2H2,1H3,(H2,16,17,19,20). The summed E-state index contributed by atoms with van der Waals surface area (Å²) in [5.74, 6) is 2.24. The van der Waals surface area contributed by atoms with Gasteiger partial charge in [-0.3, -0.25) is 0 Å². The van der Waals surface area contributed by atoms with Crippen LogP contribution in [-0.4, -0.2) is 113 Å². The van der Waals surface area contributed by atoms with Crippen LogP contribution < -0.4 is 46.6 Å². The fourth-order valence-corrected chi connectivity index (χ4v) is 8.24. The van der Waals surface area contributed by atoms with E-state index in [2.05, 4.69) is 105 Å². The monoisotopic (exact) mass is 1180 g/mol. The van der Waals surface area contributed by atoms with Crippen LogP contribution in [0, 0.1) is 17.1 Å².